The second-order valence-electron chi connectivity index (χ2n) is 4.93. The maximum atomic E-state index is 5.70. The molecule has 0 radical (unpaired) electrons. The topological polar surface area (TPSA) is 74.6 Å². The number of nitrogens with two attached hydrogens (primary N) is 1. The lowest BCUT2D eigenvalue weighted by Gasteiger charge is -2.11. The zero-order valence-corrected chi connectivity index (χ0v) is 13.1. The number of hydrogen-bond donors (Lipinski definition) is 1. The highest BCUT2D eigenvalue weighted by atomic mass is 32.2. The van der Waals surface area contributed by atoms with Gasteiger partial charge in [-0.2, -0.15) is 0 Å². The minimum absolute atomic E-state index is 0.418. The van der Waals surface area contributed by atoms with E-state index in [0.29, 0.717) is 12.6 Å². The first-order valence-electron chi connectivity index (χ1n) is 6.93. The van der Waals surface area contributed by atoms with Crippen molar-refractivity contribution in [2.24, 2.45) is 5.73 Å². The first-order valence-corrected chi connectivity index (χ1v) is 7.91. The molecule has 0 saturated heterocycles. The molecule has 2 rings (SSSR count). The van der Waals surface area contributed by atoms with Gasteiger partial charge >= 0.3 is 0 Å². The molecular formula is C13H22N6S. The van der Waals surface area contributed by atoms with Crippen molar-refractivity contribution in [3.8, 4) is 0 Å². The fourth-order valence-corrected chi connectivity index (χ4v) is 3.02. The van der Waals surface area contributed by atoms with Crippen molar-refractivity contribution in [1.29, 1.82) is 0 Å². The second-order valence-corrected chi connectivity index (χ2v) is 5.87. The first kappa shape index (κ1) is 15.1. The molecule has 20 heavy (non-hydrogen) atoms. The third-order valence-corrected chi connectivity index (χ3v) is 4.08. The highest BCUT2D eigenvalue weighted by Crippen LogP contribution is 2.23. The number of thioether (sulfide) groups is 1. The quantitative estimate of drug-likeness (QED) is 0.793. The van der Waals surface area contributed by atoms with E-state index in [2.05, 4.69) is 45.1 Å². The predicted molar refractivity (Wildman–Crippen MR) is 80.4 cm³/mol. The average molecular weight is 294 g/mol. The molecule has 0 aromatic carbocycles. The maximum Gasteiger partial charge on any atom is 0.191 e. The van der Waals surface area contributed by atoms with Gasteiger partial charge < -0.3 is 14.9 Å². The number of rotatable bonds is 7. The van der Waals surface area contributed by atoms with Gasteiger partial charge in [0.05, 0.1) is 12.9 Å². The van der Waals surface area contributed by atoms with Crippen LogP contribution in [0.2, 0.25) is 0 Å². The summed E-state index contributed by atoms with van der Waals surface area (Å²) >= 11 is 1.69. The van der Waals surface area contributed by atoms with Gasteiger partial charge in [-0.1, -0.05) is 18.7 Å². The lowest BCUT2D eigenvalue weighted by molar-refractivity contribution is 0.581. The molecule has 0 saturated carbocycles. The summed E-state index contributed by atoms with van der Waals surface area (Å²) in [6.45, 7) is 7.79. The van der Waals surface area contributed by atoms with Gasteiger partial charge in [-0.15, -0.1) is 10.2 Å². The summed E-state index contributed by atoms with van der Waals surface area (Å²) in [6, 6.07) is 0.418. The zero-order valence-electron chi connectivity index (χ0n) is 12.3. The van der Waals surface area contributed by atoms with Crippen molar-refractivity contribution >= 4 is 11.8 Å². The van der Waals surface area contributed by atoms with Crippen LogP contribution < -0.4 is 5.73 Å². The van der Waals surface area contributed by atoms with E-state index in [-0.39, 0.29) is 0 Å². The van der Waals surface area contributed by atoms with Gasteiger partial charge in [0.15, 0.2) is 5.16 Å². The van der Waals surface area contributed by atoms with Crippen LogP contribution in [0.4, 0.5) is 0 Å². The third kappa shape index (κ3) is 3.21. The largest absolute Gasteiger partial charge is 0.331 e. The summed E-state index contributed by atoms with van der Waals surface area (Å²) in [7, 11) is 0. The molecule has 7 heteroatoms. The summed E-state index contributed by atoms with van der Waals surface area (Å²) in [5.74, 6) is 1.69. The smallest absolute Gasteiger partial charge is 0.191 e. The molecular weight excluding hydrogens is 272 g/mol. The Morgan fingerprint density at radius 2 is 2.15 bits per heavy atom. The minimum atomic E-state index is 0.418. The third-order valence-electron chi connectivity index (χ3n) is 3.08. The van der Waals surface area contributed by atoms with Gasteiger partial charge in [0, 0.05) is 30.2 Å². The van der Waals surface area contributed by atoms with Crippen molar-refractivity contribution in [1.82, 2.24) is 24.3 Å². The number of aromatic nitrogens is 5. The molecule has 2 N–H and O–H groups in total. The van der Waals surface area contributed by atoms with Crippen LogP contribution in [0.25, 0.3) is 0 Å². The van der Waals surface area contributed by atoms with E-state index >= 15 is 0 Å². The standard InChI is InChI=1S/C13H22N6S/c1-4-5-18-12(6-14)16-17-13(18)20-8-11-7-15-9-19(11)10(2)3/h7,9-10H,4-6,8,14H2,1-3H3. The normalized spacial score (nSPS) is 11.4. The van der Waals surface area contributed by atoms with Gasteiger partial charge in [0.2, 0.25) is 0 Å². The van der Waals surface area contributed by atoms with Crippen molar-refractivity contribution in [3.05, 3.63) is 24.0 Å². The van der Waals surface area contributed by atoms with E-state index in [1.165, 1.54) is 5.69 Å². The maximum absolute atomic E-state index is 5.70. The molecule has 2 aromatic heterocycles. The van der Waals surface area contributed by atoms with Gasteiger partial charge in [0.25, 0.3) is 0 Å². The van der Waals surface area contributed by atoms with Crippen LogP contribution in [0.15, 0.2) is 17.7 Å². The highest BCUT2D eigenvalue weighted by molar-refractivity contribution is 7.98. The lowest BCUT2D eigenvalue weighted by Crippen LogP contribution is -2.09. The molecule has 0 amide bonds. The molecule has 0 unspecified atom stereocenters. The fourth-order valence-electron chi connectivity index (χ4n) is 2.07. The average Bonchev–Trinajstić information content (AvgIpc) is 3.03. The minimum Gasteiger partial charge on any atom is -0.331 e. The van der Waals surface area contributed by atoms with Gasteiger partial charge in [-0.05, 0) is 20.3 Å². The Labute approximate surface area is 123 Å². The van der Waals surface area contributed by atoms with E-state index in [9.17, 15) is 0 Å². The molecule has 0 fully saturated rings. The molecule has 2 heterocycles. The Morgan fingerprint density at radius 3 is 2.80 bits per heavy atom. The van der Waals surface area contributed by atoms with Crippen LogP contribution in [0.3, 0.4) is 0 Å². The zero-order chi connectivity index (χ0) is 14.5. The summed E-state index contributed by atoms with van der Waals surface area (Å²) < 4.78 is 4.29. The Kier molecular flexibility index (Phi) is 5.19. The molecule has 0 aliphatic rings. The second kappa shape index (κ2) is 6.90. The van der Waals surface area contributed by atoms with Crippen LogP contribution in [-0.2, 0) is 18.8 Å². The highest BCUT2D eigenvalue weighted by Gasteiger charge is 2.12. The summed E-state index contributed by atoms with van der Waals surface area (Å²) in [5.41, 5.74) is 6.90. The molecule has 0 bridgehead atoms. The van der Waals surface area contributed by atoms with Crippen LogP contribution >= 0.6 is 11.8 Å². The van der Waals surface area contributed by atoms with Crippen molar-refractivity contribution < 1.29 is 0 Å². The fraction of sp³-hybridized carbons (Fsp3) is 0.615. The SMILES string of the molecule is CCCn1c(CN)nnc1SCc1cncn1C(C)C. The van der Waals surface area contributed by atoms with E-state index < -0.39 is 0 Å². The van der Waals surface area contributed by atoms with Gasteiger partial charge in [-0.3, -0.25) is 0 Å². The van der Waals surface area contributed by atoms with Crippen LogP contribution in [-0.4, -0.2) is 24.3 Å². The lowest BCUT2D eigenvalue weighted by atomic mass is 10.4. The molecule has 0 spiro atoms. The Balaban J connectivity index is 2.10. The van der Waals surface area contributed by atoms with Crippen LogP contribution in [0.5, 0.6) is 0 Å². The molecule has 2 aromatic rings. The molecule has 0 aliphatic carbocycles. The van der Waals surface area contributed by atoms with Crippen molar-refractivity contribution in [3.63, 3.8) is 0 Å². The Morgan fingerprint density at radius 1 is 1.35 bits per heavy atom. The van der Waals surface area contributed by atoms with Crippen LogP contribution in [0, 0.1) is 0 Å². The summed E-state index contributed by atoms with van der Waals surface area (Å²) in [4.78, 5) is 4.22. The molecule has 6 nitrogen and oxygen atoms in total. The molecule has 0 aliphatic heterocycles. The van der Waals surface area contributed by atoms with E-state index in [1.54, 1.807) is 11.8 Å². The van der Waals surface area contributed by atoms with E-state index in [1.807, 2.05) is 12.5 Å². The Hall–Kier alpha value is -1.34. The van der Waals surface area contributed by atoms with Crippen LogP contribution in [0.1, 0.15) is 44.8 Å². The predicted octanol–water partition coefficient (Wildman–Crippen LogP) is 2.22. The van der Waals surface area contributed by atoms with Crippen molar-refractivity contribution in [2.45, 2.75) is 57.2 Å². The molecule has 0 atom stereocenters. The summed E-state index contributed by atoms with van der Waals surface area (Å²) in [5, 5.41) is 9.34. The monoisotopic (exact) mass is 294 g/mol. The first-order chi connectivity index (χ1) is 9.67. The van der Waals surface area contributed by atoms with E-state index in [0.717, 1.165) is 29.7 Å². The Bertz CT molecular complexity index is 545. The van der Waals surface area contributed by atoms with Gasteiger partial charge in [0.1, 0.15) is 5.82 Å². The van der Waals surface area contributed by atoms with E-state index in [4.69, 9.17) is 5.73 Å². The molecule has 110 valence electrons. The summed E-state index contributed by atoms with van der Waals surface area (Å²) in [6.07, 6.45) is 4.84. The van der Waals surface area contributed by atoms with Crippen molar-refractivity contribution in [2.75, 3.05) is 0 Å². The van der Waals surface area contributed by atoms with Gasteiger partial charge in [-0.25, -0.2) is 4.98 Å². The number of imidazole rings is 1. The number of nitrogens with zero attached hydrogens (tertiary/aromatic N) is 5. The number of hydrogen-bond acceptors (Lipinski definition) is 5.